The predicted octanol–water partition coefficient (Wildman–Crippen LogP) is 4.27. The molecular weight excluding hydrogens is 256 g/mol. The molecule has 0 radical (unpaired) electrons. The van der Waals surface area contributed by atoms with Crippen molar-refractivity contribution in [3.8, 4) is 0 Å². The van der Waals surface area contributed by atoms with Gasteiger partial charge in [-0.1, -0.05) is 73.7 Å². The highest BCUT2D eigenvalue weighted by Gasteiger charge is 2.45. The van der Waals surface area contributed by atoms with Gasteiger partial charge in [0.25, 0.3) is 0 Å². The molecule has 4 rings (SSSR count). The van der Waals surface area contributed by atoms with E-state index in [0.29, 0.717) is 0 Å². The Hall–Kier alpha value is -2.12. The summed E-state index contributed by atoms with van der Waals surface area (Å²) in [7, 11) is 0. The van der Waals surface area contributed by atoms with E-state index < -0.39 is 5.60 Å². The molecule has 1 aliphatic carbocycles. The van der Waals surface area contributed by atoms with Gasteiger partial charge in [-0.25, -0.2) is 0 Å². The van der Waals surface area contributed by atoms with E-state index in [2.05, 4.69) is 43.3 Å². The van der Waals surface area contributed by atoms with Crippen LogP contribution in [0.1, 0.15) is 23.6 Å². The first-order chi connectivity index (χ1) is 10.2. The first-order valence-corrected chi connectivity index (χ1v) is 7.50. The molecule has 3 aromatic rings. The van der Waals surface area contributed by atoms with E-state index in [-0.39, 0.29) is 5.92 Å². The number of hydrogen-bond donors (Lipinski definition) is 1. The molecule has 2 unspecified atom stereocenters. The quantitative estimate of drug-likeness (QED) is 0.702. The van der Waals surface area contributed by atoms with Crippen LogP contribution in [0.3, 0.4) is 0 Å². The molecule has 0 aliphatic heterocycles. The molecule has 0 heterocycles. The van der Waals surface area contributed by atoms with Crippen LogP contribution in [-0.2, 0) is 12.0 Å². The minimum Gasteiger partial charge on any atom is -0.380 e. The third-order valence-electron chi connectivity index (χ3n) is 4.85. The fraction of sp³-hybridized carbons (Fsp3) is 0.200. The number of benzene rings is 3. The smallest absolute Gasteiger partial charge is 0.118 e. The van der Waals surface area contributed by atoms with Gasteiger partial charge in [-0.3, -0.25) is 0 Å². The van der Waals surface area contributed by atoms with Gasteiger partial charge in [0.2, 0.25) is 0 Å². The molecule has 0 saturated carbocycles. The average Bonchev–Trinajstić information content (AvgIpc) is 2.81. The highest BCUT2D eigenvalue weighted by atomic mass is 16.3. The minimum absolute atomic E-state index is 0.181. The number of rotatable bonds is 1. The largest absolute Gasteiger partial charge is 0.380 e. The number of hydrogen-bond acceptors (Lipinski definition) is 1. The van der Waals surface area contributed by atoms with Crippen molar-refractivity contribution < 1.29 is 5.11 Å². The lowest BCUT2D eigenvalue weighted by molar-refractivity contribution is 0.0392. The van der Waals surface area contributed by atoms with Gasteiger partial charge in [-0.15, -0.1) is 0 Å². The van der Waals surface area contributed by atoms with Crippen molar-refractivity contribution >= 4 is 10.8 Å². The second-order valence-corrected chi connectivity index (χ2v) is 6.06. The summed E-state index contributed by atoms with van der Waals surface area (Å²) in [6, 6.07) is 22.8. The molecule has 21 heavy (non-hydrogen) atoms. The van der Waals surface area contributed by atoms with Crippen molar-refractivity contribution in [1.29, 1.82) is 0 Å². The summed E-state index contributed by atoms with van der Waals surface area (Å²) in [5.74, 6) is 0.181. The van der Waals surface area contributed by atoms with E-state index in [9.17, 15) is 5.11 Å². The van der Waals surface area contributed by atoms with Crippen LogP contribution in [0.15, 0.2) is 66.7 Å². The normalized spacial score (nSPS) is 24.2. The fourth-order valence-electron chi connectivity index (χ4n) is 3.78. The van der Waals surface area contributed by atoms with Crippen molar-refractivity contribution in [2.24, 2.45) is 5.92 Å². The van der Waals surface area contributed by atoms with Crippen molar-refractivity contribution in [2.75, 3.05) is 0 Å². The zero-order chi connectivity index (χ0) is 14.4. The maximum absolute atomic E-state index is 11.6. The second kappa shape index (κ2) is 4.44. The Morgan fingerprint density at radius 2 is 1.62 bits per heavy atom. The van der Waals surface area contributed by atoms with Crippen molar-refractivity contribution in [1.82, 2.24) is 0 Å². The topological polar surface area (TPSA) is 20.2 Å². The Kier molecular flexibility index (Phi) is 2.66. The van der Waals surface area contributed by atoms with Crippen LogP contribution in [0.25, 0.3) is 10.8 Å². The van der Waals surface area contributed by atoms with Gasteiger partial charge < -0.3 is 5.11 Å². The SMILES string of the molecule is CC1Cc2ccc3ccccc3c2C1(O)c1ccccc1. The molecule has 0 fully saturated rings. The highest BCUT2D eigenvalue weighted by Crippen LogP contribution is 2.48. The zero-order valence-corrected chi connectivity index (χ0v) is 12.1. The molecule has 104 valence electrons. The van der Waals surface area contributed by atoms with Crippen LogP contribution in [0.2, 0.25) is 0 Å². The van der Waals surface area contributed by atoms with Gasteiger partial charge in [0, 0.05) is 0 Å². The predicted molar refractivity (Wildman–Crippen MR) is 86.3 cm³/mol. The summed E-state index contributed by atoms with van der Waals surface area (Å²) in [6.07, 6.45) is 0.922. The third kappa shape index (κ3) is 1.68. The lowest BCUT2D eigenvalue weighted by atomic mass is 9.80. The van der Waals surface area contributed by atoms with E-state index in [4.69, 9.17) is 0 Å². The Morgan fingerprint density at radius 3 is 2.43 bits per heavy atom. The Labute approximate surface area is 124 Å². The molecule has 1 N–H and O–H groups in total. The summed E-state index contributed by atoms with van der Waals surface area (Å²) in [5.41, 5.74) is 2.47. The summed E-state index contributed by atoms with van der Waals surface area (Å²) in [6.45, 7) is 2.14. The van der Waals surface area contributed by atoms with Crippen LogP contribution < -0.4 is 0 Å². The van der Waals surface area contributed by atoms with Gasteiger partial charge >= 0.3 is 0 Å². The maximum atomic E-state index is 11.6. The fourth-order valence-corrected chi connectivity index (χ4v) is 3.78. The van der Waals surface area contributed by atoms with Gasteiger partial charge in [0.05, 0.1) is 0 Å². The molecule has 0 bridgehead atoms. The second-order valence-electron chi connectivity index (χ2n) is 6.06. The molecule has 2 atom stereocenters. The van der Waals surface area contributed by atoms with Gasteiger partial charge in [-0.05, 0) is 39.8 Å². The molecule has 1 nitrogen and oxygen atoms in total. The van der Waals surface area contributed by atoms with E-state index in [1.54, 1.807) is 0 Å². The van der Waals surface area contributed by atoms with E-state index >= 15 is 0 Å². The van der Waals surface area contributed by atoms with E-state index in [1.165, 1.54) is 16.3 Å². The minimum atomic E-state index is -0.891. The van der Waals surface area contributed by atoms with E-state index in [0.717, 1.165) is 17.5 Å². The summed E-state index contributed by atoms with van der Waals surface area (Å²) < 4.78 is 0. The molecule has 3 aromatic carbocycles. The molecule has 1 heteroatoms. The summed E-state index contributed by atoms with van der Waals surface area (Å²) in [5, 5.41) is 13.9. The van der Waals surface area contributed by atoms with Crippen LogP contribution in [-0.4, -0.2) is 5.11 Å². The van der Waals surface area contributed by atoms with Gasteiger partial charge in [-0.2, -0.15) is 0 Å². The molecular formula is C20H18O. The summed E-state index contributed by atoms with van der Waals surface area (Å²) in [4.78, 5) is 0. The number of aliphatic hydroxyl groups is 1. The van der Waals surface area contributed by atoms with Crippen LogP contribution >= 0.6 is 0 Å². The first-order valence-electron chi connectivity index (χ1n) is 7.50. The van der Waals surface area contributed by atoms with Crippen LogP contribution in [0.5, 0.6) is 0 Å². The molecule has 1 aliphatic rings. The van der Waals surface area contributed by atoms with Gasteiger partial charge in [0.15, 0.2) is 0 Å². The highest BCUT2D eigenvalue weighted by molar-refractivity contribution is 5.89. The molecule has 0 aromatic heterocycles. The van der Waals surface area contributed by atoms with Crippen LogP contribution in [0.4, 0.5) is 0 Å². The Balaban J connectivity index is 2.07. The van der Waals surface area contributed by atoms with Crippen molar-refractivity contribution in [2.45, 2.75) is 18.9 Å². The maximum Gasteiger partial charge on any atom is 0.118 e. The monoisotopic (exact) mass is 274 g/mol. The zero-order valence-electron chi connectivity index (χ0n) is 12.1. The van der Waals surface area contributed by atoms with Crippen molar-refractivity contribution in [3.05, 3.63) is 83.4 Å². The number of fused-ring (bicyclic) bond motifs is 3. The summed E-state index contributed by atoms with van der Waals surface area (Å²) >= 11 is 0. The first kappa shape index (κ1) is 12.6. The van der Waals surface area contributed by atoms with E-state index in [1.807, 2.05) is 30.3 Å². The lowest BCUT2D eigenvalue weighted by Gasteiger charge is -2.30. The van der Waals surface area contributed by atoms with Crippen molar-refractivity contribution in [3.63, 3.8) is 0 Å². The van der Waals surface area contributed by atoms with Crippen LogP contribution in [0, 0.1) is 5.92 Å². The Bertz CT molecular complexity index is 806. The molecule has 0 amide bonds. The Morgan fingerprint density at radius 1 is 0.905 bits per heavy atom. The van der Waals surface area contributed by atoms with Gasteiger partial charge in [0.1, 0.15) is 5.60 Å². The third-order valence-corrected chi connectivity index (χ3v) is 4.85. The lowest BCUT2D eigenvalue weighted by Crippen LogP contribution is -2.31. The molecule has 0 saturated heterocycles. The molecule has 0 spiro atoms. The standard InChI is InChI=1S/C20H18O/c1-14-13-16-12-11-15-7-5-6-10-18(15)19(16)20(14,21)17-8-3-2-4-9-17/h2-12,14,21H,13H2,1H3. The average molecular weight is 274 g/mol.